The highest BCUT2D eigenvalue weighted by Crippen LogP contribution is 2.15. The summed E-state index contributed by atoms with van der Waals surface area (Å²) in [4.78, 5) is 61.6. The highest BCUT2D eigenvalue weighted by molar-refractivity contribution is 6.01. The van der Waals surface area contributed by atoms with Crippen LogP contribution in [0.4, 0.5) is 4.79 Å². The Morgan fingerprint density at radius 2 is 1.57 bits per heavy atom. The van der Waals surface area contributed by atoms with Gasteiger partial charge in [0.2, 0.25) is 0 Å². The first-order valence-corrected chi connectivity index (χ1v) is 6.64. The molecule has 0 aromatic heterocycles. The van der Waals surface area contributed by atoms with Gasteiger partial charge < -0.3 is 19.0 Å². The first kappa shape index (κ1) is 18.4. The zero-order valence-electron chi connectivity index (χ0n) is 13.1. The van der Waals surface area contributed by atoms with Crippen molar-refractivity contribution in [2.24, 2.45) is 0 Å². The number of hydroxylamine groups is 2. The number of esters is 1. The van der Waals surface area contributed by atoms with Gasteiger partial charge >= 0.3 is 24.4 Å². The van der Waals surface area contributed by atoms with Crippen LogP contribution in [0.3, 0.4) is 0 Å². The first-order valence-electron chi connectivity index (χ1n) is 6.64. The number of hydrogen-bond donors (Lipinski definition) is 0. The number of carbonyl (C=O) groups is 5. The van der Waals surface area contributed by atoms with Crippen molar-refractivity contribution in [2.75, 3.05) is 0 Å². The Morgan fingerprint density at radius 3 is 2.00 bits per heavy atom. The Labute approximate surface area is 131 Å². The topological polar surface area (TPSA) is 126 Å². The standard InChI is InChI=1S/C13H17NO9/c1-7(15)20-11(21-12(19)22-13(2,3)4)10(18)23-14-8(16)5-6-9(14)17/h11H,5-6H2,1-4H3/t11-/m0/s1. The van der Waals surface area contributed by atoms with Gasteiger partial charge in [-0.05, 0) is 20.8 Å². The van der Waals surface area contributed by atoms with Crippen LogP contribution in [0.2, 0.25) is 0 Å². The fourth-order valence-corrected chi connectivity index (χ4v) is 1.42. The molecule has 128 valence electrons. The SMILES string of the molecule is CC(=O)O[C@@H](OC(=O)OC(C)(C)C)C(=O)ON1C(=O)CCC1=O. The predicted molar refractivity (Wildman–Crippen MR) is 70.1 cm³/mol. The number of nitrogens with zero attached hydrogens (tertiary/aromatic N) is 1. The number of imide groups is 1. The molecule has 10 nitrogen and oxygen atoms in total. The summed E-state index contributed by atoms with van der Waals surface area (Å²) in [5.41, 5.74) is -0.914. The van der Waals surface area contributed by atoms with Crippen molar-refractivity contribution in [1.82, 2.24) is 5.06 Å². The number of amides is 2. The third kappa shape index (κ3) is 5.93. The van der Waals surface area contributed by atoms with E-state index in [0.717, 1.165) is 6.92 Å². The van der Waals surface area contributed by atoms with Crippen molar-refractivity contribution in [3.05, 3.63) is 0 Å². The van der Waals surface area contributed by atoms with Crippen LogP contribution in [0.15, 0.2) is 0 Å². The van der Waals surface area contributed by atoms with Gasteiger partial charge in [-0.2, -0.15) is 0 Å². The van der Waals surface area contributed by atoms with Gasteiger partial charge in [0.15, 0.2) is 0 Å². The van der Waals surface area contributed by atoms with E-state index < -0.39 is 41.8 Å². The molecule has 0 radical (unpaired) electrons. The molecule has 1 aliphatic rings. The van der Waals surface area contributed by atoms with Crippen LogP contribution in [0.25, 0.3) is 0 Å². The largest absolute Gasteiger partial charge is 0.512 e. The van der Waals surface area contributed by atoms with Crippen LogP contribution in [0.5, 0.6) is 0 Å². The quantitative estimate of drug-likeness (QED) is 0.409. The molecule has 0 N–H and O–H groups in total. The minimum Gasteiger partial charge on any atom is -0.428 e. The van der Waals surface area contributed by atoms with E-state index in [0.29, 0.717) is 0 Å². The molecule has 0 aromatic rings. The van der Waals surface area contributed by atoms with Gasteiger partial charge in [0.05, 0.1) is 0 Å². The van der Waals surface area contributed by atoms with E-state index in [2.05, 4.69) is 14.3 Å². The molecule has 0 aliphatic carbocycles. The number of hydrogen-bond acceptors (Lipinski definition) is 9. The molecule has 0 bridgehead atoms. The summed E-state index contributed by atoms with van der Waals surface area (Å²) in [5, 5.41) is 0.233. The van der Waals surface area contributed by atoms with Gasteiger partial charge in [-0.15, -0.1) is 5.06 Å². The van der Waals surface area contributed by atoms with E-state index >= 15 is 0 Å². The predicted octanol–water partition coefficient (Wildman–Crippen LogP) is 0.434. The summed E-state index contributed by atoms with van der Waals surface area (Å²) >= 11 is 0. The maximum atomic E-state index is 11.8. The average molecular weight is 331 g/mol. The fourth-order valence-electron chi connectivity index (χ4n) is 1.42. The fraction of sp³-hybridized carbons (Fsp3) is 0.615. The van der Waals surface area contributed by atoms with E-state index in [9.17, 15) is 24.0 Å². The Balaban J connectivity index is 2.74. The lowest BCUT2D eigenvalue weighted by Gasteiger charge is -2.22. The third-order valence-electron chi connectivity index (χ3n) is 2.25. The lowest BCUT2D eigenvalue weighted by Crippen LogP contribution is -2.41. The van der Waals surface area contributed by atoms with E-state index in [4.69, 9.17) is 4.74 Å². The molecule has 1 fully saturated rings. The van der Waals surface area contributed by atoms with Crippen LogP contribution in [-0.2, 0) is 38.2 Å². The van der Waals surface area contributed by atoms with Crippen LogP contribution >= 0.6 is 0 Å². The minimum atomic E-state index is -2.11. The molecule has 23 heavy (non-hydrogen) atoms. The maximum absolute atomic E-state index is 11.8. The molecule has 1 aliphatic heterocycles. The van der Waals surface area contributed by atoms with Crippen molar-refractivity contribution in [3.8, 4) is 0 Å². The molecule has 2 amide bonds. The first-order chi connectivity index (χ1) is 10.5. The lowest BCUT2D eigenvalue weighted by molar-refractivity contribution is -0.222. The van der Waals surface area contributed by atoms with Crippen molar-refractivity contribution in [1.29, 1.82) is 0 Å². The maximum Gasteiger partial charge on any atom is 0.512 e. The molecule has 1 atom stereocenters. The Hall–Kier alpha value is -2.65. The average Bonchev–Trinajstić information content (AvgIpc) is 2.66. The Bertz CT molecular complexity index is 518. The molecule has 0 spiro atoms. The van der Waals surface area contributed by atoms with Crippen LogP contribution in [-0.4, -0.2) is 46.9 Å². The summed E-state index contributed by atoms with van der Waals surface area (Å²) in [6.07, 6.45) is -3.63. The second-order valence-electron chi connectivity index (χ2n) is 5.52. The van der Waals surface area contributed by atoms with E-state index in [1.807, 2.05) is 0 Å². The highest BCUT2D eigenvalue weighted by atomic mass is 16.8. The van der Waals surface area contributed by atoms with Gasteiger partial charge in [-0.1, -0.05) is 0 Å². The number of rotatable bonds is 4. The van der Waals surface area contributed by atoms with Gasteiger partial charge in [-0.3, -0.25) is 14.4 Å². The number of ether oxygens (including phenoxy) is 3. The van der Waals surface area contributed by atoms with Gasteiger partial charge in [-0.25, -0.2) is 9.59 Å². The summed E-state index contributed by atoms with van der Waals surface area (Å²) < 4.78 is 13.8. The van der Waals surface area contributed by atoms with Crippen LogP contribution in [0, 0.1) is 0 Å². The molecule has 1 saturated heterocycles. The zero-order valence-corrected chi connectivity index (χ0v) is 13.1. The molecule has 10 heteroatoms. The van der Waals surface area contributed by atoms with E-state index in [1.54, 1.807) is 20.8 Å². The number of carbonyl (C=O) groups excluding carboxylic acids is 5. The van der Waals surface area contributed by atoms with E-state index in [1.165, 1.54) is 0 Å². The van der Waals surface area contributed by atoms with Gasteiger partial charge in [0.25, 0.3) is 11.8 Å². The summed E-state index contributed by atoms with van der Waals surface area (Å²) in [6.45, 7) is 5.61. The van der Waals surface area contributed by atoms with Crippen LogP contribution in [0.1, 0.15) is 40.5 Å². The summed E-state index contributed by atoms with van der Waals surface area (Å²) in [6, 6.07) is 0. The van der Waals surface area contributed by atoms with Crippen molar-refractivity contribution in [2.45, 2.75) is 52.4 Å². The Kier molecular flexibility index (Phi) is 5.66. The van der Waals surface area contributed by atoms with Gasteiger partial charge in [0, 0.05) is 19.8 Å². The normalized spacial score (nSPS) is 15.9. The molecule has 0 aromatic carbocycles. The van der Waals surface area contributed by atoms with Gasteiger partial charge in [0.1, 0.15) is 5.60 Å². The third-order valence-corrected chi connectivity index (χ3v) is 2.25. The zero-order chi connectivity index (χ0) is 17.8. The lowest BCUT2D eigenvalue weighted by atomic mass is 10.2. The Morgan fingerprint density at radius 1 is 1.04 bits per heavy atom. The summed E-state index contributed by atoms with van der Waals surface area (Å²) in [5.74, 6) is -3.84. The second kappa shape index (κ2) is 7.07. The molecular weight excluding hydrogens is 314 g/mol. The van der Waals surface area contributed by atoms with E-state index in [-0.39, 0.29) is 17.9 Å². The molecule has 1 rings (SSSR count). The second-order valence-corrected chi connectivity index (χ2v) is 5.52. The van der Waals surface area contributed by atoms with Crippen molar-refractivity contribution < 1.29 is 43.0 Å². The smallest absolute Gasteiger partial charge is 0.428 e. The highest BCUT2D eigenvalue weighted by Gasteiger charge is 2.38. The minimum absolute atomic E-state index is 0.114. The molecular formula is C13H17NO9. The summed E-state index contributed by atoms with van der Waals surface area (Å²) in [7, 11) is 0. The van der Waals surface area contributed by atoms with Crippen molar-refractivity contribution >= 4 is 29.9 Å². The molecule has 0 unspecified atom stereocenters. The monoisotopic (exact) mass is 331 g/mol. The molecule has 1 heterocycles. The molecule has 0 saturated carbocycles. The van der Waals surface area contributed by atoms with Crippen molar-refractivity contribution in [3.63, 3.8) is 0 Å². The van der Waals surface area contributed by atoms with Crippen LogP contribution < -0.4 is 0 Å².